The van der Waals surface area contributed by atoms with E-state index in [1.54, 1.807) is 0 Å². The van der Waals surface area contributed by atoms with Gasteiger partial charge in [-0.05, 0) is 18.3 Å². The molecule has 0 aliphatic heterocycles. The Labute approximate surface area is 74.5 Å². The van der Waals surface area contributed by atoms with Gasteiger partial charge in [-0.3, -0.25) is 4.79 Å². The minimum absolute atomic E-state index is 0.200. The molecule has 0 amide bonds. The van der Waals surface area contributed by atoms with E-state index in [1.165, 1.54) is 0 Å². The van der Waals surface area contributed by atoms with Gasteiger partial charge in [-0.2, -0.15) is 0 Å². The van der Waals surface area contributed by atoms with Crippen LogP contribution in [0.25, 0.3) is 0 Å². The fourth-order valence-corrected chi connectivity index (χ4v) is 2.01. The monoisotopic (exact) mass is 164 g/mol. The zero-order valence-electron chi connectivity index (χ0n) is 7.84. The van der Waals surface area contributed by atoms with Crippen molar-refractivity contribution in [2.45, 2.75) is 33.1 Å². The first-order chi connectivity index (χ1) is 5.65. The van der Waals surface area contributed by atoms with Crippen LogP contribution in [0.3, 0.4) is 0 Å². The first kappa shape index (κ1) is 9.32. The number of hydrogen-bond donors (Lipinski definition) is 0. The lowest BCUT2D eigenvalue weighted by atomic mass is 9.73. The van der Waals surface area contributed by atoms with Gasteiger partial charge in [0.25, 0.3) is 0 Å². The molecule has 0 saturated heterocycles. The van der Waals surface area contributed by atoms with Crippen LogP contribution in [0.15, 0.2) is 0 Å². The van der Waals surface area contributed by atoms with Crippen molar-refractivity contribution in [1.29, 1.82) is 0 Å². The molecule has 12 heavy (non-hydrogen) atoms. The molecule has 1 rings (SSSR count). The molecule has 1 aliphatic carbocycles. The van der Waals surface area contributed by atoms with Crippen molar-refractivity contribution in [1.82, 2.24) is 0 Å². The molecule has 0 heterocycles. The Morgan fingerprint density at radius 1 is 1.58 bits per heavy atom. The van der Waals surface area contributed by atoms with Crippen molar-refractivity contribution in [3.63, 3.8) is 0 Å². The van der Waals surface area contributed by atoms with Gasteiger partial charge in [0.1, 0.15) is 5.78 Å². The van der Waals surface area contributed by atoms with E-state index in [0.29, 0.717) is 24.0 Å². The van der Waals surface area contributed by atoms with Gasteiger partial charge in [0.15, 0.2) is 0 Å². The van der Waals surface area contributed by atoms with E-state index < -0.39 is 0 Å². The quantitative estimate of drug-likeness (QED) is 0.543. The predicted octanol–water partition coefficient (Wildman–Crippen LogP) is 2.26. The van der Waals surface area contributed by atoms with E-state index in [0.717, 1.165) is 12.8 Å². The molecule has 66 valence electrons. The molecule has 1 aliphatic rings. The van der Waals surface area contributed by atoms with Crippen LogP contribution in [0.1, 0.15) is 33.1 Å². The van der Waals surface area contributed by atoms with Gasteiger partial charge in [-0.15, -0.1) is 12.3 Å². The highest BCUT2D eigenvalue weighted by atomic mass is 16.1. The third-order valence-electron chi connectivity index (χ3n) is 2.79. The van der Waals surface area contributed by atoms with Gasteiger partial charge >= 0.3 is 0 Å². The average Bonchev–Trinajstić information content (AvgIpc) is 2.03. The van der Waals surface area contributed by atoms with Gasteiger partial charge in [0.2, 0.25) is 0 Å². The van der Waals surface area contributed by atoms with Crippen molar-refractivity contribution >= 4 is 5.78 Å². The largest absolute Gasteiger partial charge is 0.300 e. The van der Waals surface area contributed by atoms with Crippen LogP contribution in [-0.2, 0) is 4.79 Å². The van der Waals surface area contributed by atoms with Crippen LogP contribution in [-0.4, -0.2) is 5.78 Å². The van der Waals surface area contributed by atoms with E-state index >= 15 is 0 Å². The third-order valence-corrected chi connectivity index (χ3v) is 2.79. The molecule has 0 radical (unpaired) electrons. The number of Topliss-reactive ketones (excluding diaryl/α,β-unsaturated/α-hetero) is 1. The molecule has 2 unspecified atom stereocenters. The van der Waals surface area contributed by atoms with E-state index in [-0.39, 0.29) is 5.92 Å². The Hall–Kier alpha value is -0.770. The number of ketones is 1. The summed E-state index contributed by atoms with van der Waals surface area (Å²) in [6.07, 6.45) is 7.73. The van der Waals surface area contributed by atoms with Crippen molar-refractivity contribution in [2.24, 2.45) is 17.8 Å². The molecule has 0 aromatic carbocycles. The van der Waals surface area contributed by atoms with Gasteiger partial charge in [0, 0.05) is 18.8 Å². The Balaban J connectivity index is 2.64. The van der Waals surface area contributed by atoms with E-state index in [1.807, 2.05) is 0 Å². The molecule has 1 saturated carbocycles. The van der Waals surface area contributed by atoms with Crippen LogP contribution in [0.5, 0.6) is 0 Å². The minimum atomic E-state index is 0.200. The molecule has 0 aromatic heterocycles. The highest BCUT2D eigenvalue weighted by Gasteiger charge is 2.29. The zero-order valence-corrected chi connectivity index (χ0v) is 7.84. The van der Waals surface area contributed by atoms with Gasteiger partial charge in [-0.1, -0.05) is 13.8 Å². The highest BCUT2D eigenvalue weighted by molar-refractivity contribution is 5.79. The third kappa shape index (κ3) is 1.88. The Morgan fingerprint density at radius 3 is 2.75 bits per heavy atom. The maximum Gasteiger partial charge on any atom is 0.134 e. The summed E-state index contributed by atoms with van der Waals surface area (Å²) in [6, 6.07) is 0. The molecule has 0 spiro atoms. The molecule has 1 heteroatoms. The van der Waals surface area contributed by atoms with Gasteiger partial charge in [-0.25, -0.2) is 0 Å². The van der Waals surface area contributed by atoms with Crippen molar-refractivity contribution in [2.75, 3.05) is 0 Å². The normalized spacial score (nSPS) is 30.3. The van der Waals surface area contributed by atoms with Crippen molar-refractivity contribution in [3.05, 3.63) is 0 Å². The predicted molar refractivity (Wildman–Crippen MR) is 49.5 cm³/mol. The standard InChI is InChI=1S/C11H16O/c1-4-9-7-10(12)5-6-11(9)8(2)3/h1,8-9,11H,5-7H2,2-3H3. The summed E-state index contributed by atoms with van der Waals surface area (Å²) in [4.78, 5) is 11.1. The summed E-state index contributed by atoms with van der Waals surface area (Å²) >= 11 is 0. The SMILES string of the molecule is C#CC1CC(=O)CCC1C(C)C. The first-order valence-electron chi connectivity index (χ1n) is 4.63. The topological polar surface area (TPSA) is 17.1 Å². The maximum atomic E-state index is 11.1. The second-order valence-corrected chi connectivity index (χ2v) is 3.96. The summed E-state index contributed by atoms with van der Waals surface area (Å²) < 4.78 is 0. The van der Waals surface area contributed by atoms with Crippen LogP contribution in [0.4, 0.5) is 0 Å². The summed E-state index contributed by atoms with van der Waals surface area (Å²) in [5.74, 6) is 4.46. The summed E-state index contributed by atoms with van der Waals surface area (Å²) in [6.45, 7) is 4.37. The maximum absolute atomic E-state index is 11.1. The van der Waals surface area contributed by atoms with E-state index in [2.05, 4.69) is 19.8 Å². The first-order valence-corrected chi connectivity index (χ1v) is 4.63. The molecular formula is C11H16O. The smallest absolute Gasteiger partial charge is 0.134 e. The zero-order chi connectivity index (χ0) is 9.14. The second kappa shape index (κ2) is 3.76. The fourth-order valence-electron chi connectivity index (χ4n) is 2.01. The molecular weight excluding hydrogens is 148 g/mol. The molecule has 2 atom stereocenters. The van der Waals surface area contributed by atoms with Gasteiger partial charge < -0.3 is 0 Å². The highest BCUT2D eigenvalue weighted by Crippen LogP contribution is 2.32. The van der Waals surface area contributed by atoms with Crippen LogP contribution in [0.2, 0.25) is 0 Å². The number of rotatable bonds is 1. The van der Waals surface area contributed by atoms with E-state index in [4.69, 9.17) is 6.42 Å². The summed E-state index contributed by atoms with van der Waals surface area (Å²) in [7, 11) is 0. The van der Waals surface area contributed by atoms with E-state index in [9.17, 15) is 4.79 Å². The molecule has 1 nitrogen and oxygen atoms in total. The molecule has 0 N–H and O–H groups in total. The number of hydrogen-bond acceptors (Lipinski definition) is 1. The van der Waals surface area contributed by atoms with Crippen molar-refractivity contribution in [3.8, 4) is 12.3 Å². The Bertz CT molecular complexity index is 210. The summed E-state index contributed by atoms with van der Waals surface area (Å²) in [5.41, 5.74) is 0. The fraction of sp³-hybridized carbons (Fsp3) is 0.727. The molecule has 0 bridgehead atoms. The Kier molecular flexibility index (Phi) is 2.92. The molecule has 1 fully saturated rings. The molecule has 0 aromatic rings. The number of carbonyl (C=O) groups is 1. The lowest BCUT2D eigenvalue weighted by Gasteiger charge is -2.30. The minimum Gasteiger partial charge on any atom is -0.300 e. The lowest BCUT2D eigenvalue weighted by Crippen LogP contribution is -2.27. The average molecular weight is 164 g/mol. The van der Waals surface area contributed by atoms with Crippen LogP contribution < -0.4 is 0 Å². The number of carbonyl (C=O) groups excluding carboxylic acids is 1. The van der Waals surface area contributed by atoms with Crippen LogP contribution in [0, 0.1) is 30.1 Å². The van der Waals surface area contributed by atoms with Crippen molar-refractivity contribution < 1.29 is 4.79 Å². The second-order valence-electron chi connectivity index (χ2n) is 3.96. The van der Waals surface area contributed by atoms with Gasteiger partial charge in [0.05, 0.1) is 0 Å². The number of terminal acetylenes is 1. The summed E-state index contributed by atoms with van der Waals surface area (Å²) in [5, 5.41) is 0. The Morgan fingerprint density at radius 2 is 2.25 bits per heavy atom. The lowest BCUT2D eigenvalue weighted by molar-refractivity contribution is -0.122. The van der Waals surface area contributed by atoms with Crippen LogP contribution >= 0.6 is 0 Å².